The molecular formula is C35H33N3O6S. The van der Waals surface area contributed by atoms with E-state index in [2.05, 4.69) is 16.0 Å². The Morgan fingerprint density at radius 1 is 0.756 bits per heavy atom. The number of carbonyl (C=O) groups is 4. The summed E-state index contributed by atoms with van der Waals surface area (Å²) in [4.78, 5) is 51.7. The van der Waals surface area contributed by atoms with Crippen LogP contribution in [0.2, 0.25) is 0 Å². The molecule has 10 heteroatoms. The summed E-state index contributed by atoms with van der Waals surface area (Å²) in [6.45, 7) is 3.26. The van der Waals surface area contributed by atoms with Crippen LogP contribution in [0, 0.1) is 0 Å². The quantitative estimate of drug-likeness (QED) is 0.0944. The van der Waals surface area contributed by atoms with E-state index in [0.717, 1.165) is 4.90 Å². The van der Waals surface area contributed by atoms with Crippen LogP contribution in [-0.4, -0.2) is 43.0 Å². The van der Waals surface area contributed by atoms with Gasteiger partial charge in [0.25, 0.3) is 11.8 Å². The topological polar surface area (TPSA) is 123 Å². The Labute approximate surface area is 266 Å². The Hall–Kier alpha value is -5.35. The largest absolute Gasteiger partial charge is 0.497 e. The molecule has 0 aliphatic carbocycles. The van der Waals surface area contributed by atoms with Crippen molar-refractivity contribution in [2.45, 2.75) is 24.0 Å². The number of ketones is 1. The van der Waals surface area contributed by atoms with Gasteiger partial charge in [-0.25, -0.2) is 0 Å². The van der Waals surface area contributed by atoms with Gasteiger partial charge in [-0.15, -0.1) is 11.8 Å². The van der Waals surface area contributed by atoms with Crippen molar-refractivity contribution >= 4 is 52.7 Å². The highest BCUT2D eigenvalue weighted by Gasteiger charge is 2.18. The lowest BCUT2D eigenvalue weighted by molar-refractivity contribution is -0.115. The minimum absolute atomic E-state index is 0.00564. The molecule has 9 nitrogen and oxygen atoms in total. The monoisotopic (exact) mass is 623 g/mol. The van der Waals surface area contributed by atoms with Crippen molar-refractivity contribution in [1.29, 1.82) is 0 Å². The standard InChI is InChI=1S/C35H33N3O6S/c1-22(39)24-13-16-27(17-14-24)36-33(40)23(2)45-30-12-8-11-28(20-30)37-35(42)31(38-34(41)25-9-6-5-7-10-25)19-26-15-18-29(43-3)21-32(26)44-4/h5-21,23H,1-4H3,(H,36,40)(H,37,42)(H,38,41)/b31-19+. The fourth-order valence-electron chi connectivity index (χ4n) is 4.17. The first-order valence-corrected chi connectivity index (χ1v) is 14.8. The normalized spacial score (nSPS) is 11.6. The SMILES string of the molecule is COc1ccc(/C=C(/NC(=O)c2ccccc2)C(=O)Nc2cccc(SC(C)C(=O)Nc3ccc(C(C)=O)cc3)c2)c(OC)c1. The van der Waals surface area contributed by atoms with Crippen molar-refractivity contribution in [1.82, 2.24) is 5.32 Å². The van der Waals surface area contributed by atoms with Gasteiger partial charge in [-0.2, -0.15) is 0 Å². The van der Waals surface area contributed by atoms with E-state index in [9.17, 15) is 19.2 Å². The Morgan fingerprint density at radius 2 is 1.49 bits per heavy atom. The molecule has 230 valence electrons. The first-order chi connectivity index (χ1) is 21.7. The third-order valence-corrected chi connectivity index (χ3v) is 7.70. The number of Topliss-reactive ketones (excluding diaryl/α,β-unsaturated/α-hetero) is 1. The van der Waals surface area contributed by atoms with E-state index in [0.29, 0.717) is 39.6 Å². The summed E-state index contributed by atoms with van der Waals surface area (Å²) >= 11 is 1.32. The van der Waals surface area contributed by atoms with E-state index in [-0.39, 0.29) is 17.4 Å². The highest BCUT2D eigenvalue weighted by Crippen LogP contribution is 2.28. The minimum Gasteiger partial charge on any atom is -0.497 e. The molecule has 0 spiro atoms. The van der Waals surface area contributed by atoms with Crippen molar-refractivity contribution in [2.75, 3.05) is 24.9 Å². The Morgan fingerprint density at radius 3 is 2.16 bits per heavy atom. The Bertz CT molecular complexity index is 1720. The zero-order valence-electron chi connectivity index (χ0n) is 25.3. The predicted octanol–water partition coefficient (Wildman–Crippen LogP) is 6.44. The lowest BCUT2D eigenvalue weighted by Gasteiger charge is -2.15. The van der Waals surface area contributed by atoms with Crippen LogP contribution < -0.4 is 25.4 Å². The molecule has 1 atom stereocenters. The molecule has 4 rings (SSSR count). The minimum atomic E-state index is -0.556. The van der Waals surface area contributed by atoms with Gasteiger partial charge in [0.1, 0.15) is 17.2 Å². The second kappa shape index (κ2) is 15.4. The van der Waals surface area contributed by atoms with Gasteiger partial charge in [-0.3, -0.25) is 19.2 Å². The third-order valence-electron chi connectivity index (χ3n) is 6.60. The summed E-state index contributed by atoms with van der Waals surface area (Å²) in [7, 11) is 3.04. The van der Waals surface area contributed by atoms with Gasteiger partial charge in [-0.05, 0) is 86.7 Å². The first kappa shape index (κ1) is 32.6. The molecule has 1 unspecified atom stereocenters. The van der Waals surface area contributed by atoms with Crippen LogP contribution in [0.25, 0.3) is 6.08 Å². The molecule has 0 aromatic heterocycles. The number of benzene rings is 4. The van der Waals surface area contributed by atoms with E-state index in [1.807, 2.05) is 6.07 Å². The lowest BCUT2D eigenvalue weighted by atomic mass is 10.1. The van der Waals surface area contributed by atoms with Crippen LogP contribution in [0.4, 0.5) is 11.4 Å². The maximum absolute atomic E-state index is 13.6. The predicted molar refractivity (Wildman–Crippen MR) is 177 cm³/mol. The van der Waals surface area contributed by atoms with Crippen molar-refractivity contribution in [3.8, 4) is 11.5 Å². The van der Waals surface area contributed by atoms with Crippen molar-refractivity contribution in [3.63, 3.8) is 0 Å². The molecule has 45 heavy (non-hydrogen) atoms. The number of rotatable bonds is 12. The van der Waals surface area contributed by atoms with Crippen LogP contribution in [0.1, 0.15) is 40.1 Å². The number of hydrogen-bond donors (Lipinski definition) is 3. The van der Waals surface area contributed by atoms with Crippen LogP contribution in [0.5, 0.6) is 11.5 Å². The number of thioether (sulfide) groups is 1. The van der Waals surface area contributed by atoms with Crippen molar-refractivity contribution < 1.29 is 28.7 Å². The van der Waals surface area contributed by atoms with Gasteiger partial charge in [0.2, 0.25) is 5.91 Å². The number of hydrogen-bond acceptors (Lipinski definition) is 7. The molecule has 3 amide bonds. The Balaban J connectivity index is 1.51. The zero-order chi connectivity index (χ0) is 32.3. The molecular weight excluding hydrogens is 590 g/mol. The molecule has 0 heterocycles. The molecule has 3 N–H and O–H groups in total. The molecule has 0 saturated carbocycles. The summed E-state index contributed by atoms with van der Waals surface area (Å²) in [5.41, 5.74) is 2.56. The van der Waals surface area contributed by atoms with E-state index in [4.69, 9.17) is 9.47 Å². The van der Waals surface area contributed by atoms with Gasteiger partial charge < -0.3 is 25.4 Å². The molecule has 0 aliphatic heterocycles. The van der Waals surface area contributed by atoms with Crippen LogP contribution >= 0.6 is 11.8 Å². The molecule has 0 radical (unpaired) electrons. The number of methoxy groups -OCH3 is 2. The maximum Gasteiger partial charge on any atom is 0.272 e. The zero-order valence-corrected chi connectivity index (χ0v) is 26.1. The molecule has 0 bridgehead atoms. The maximum atomic E-state index is 13.6. The molecule has 0 aliphatic rings. The van der Waals surface area contributed by atoms with E-state index in [1.165, 1.54) is 39.0 Å². The van der Waals surface area contributed by atoms with Gasteiger partial charge in [0.15, 0.2) is 5.78 Å². The highest BCUT2D eigenvalue weighted by atomic mass is 32.2. The number of carbonyl (C=O) groups excluding carboxylic acids is 4. The van der Waals surface area contributed by atoms with Gasteiger partial charge in [0, 0.05) is 39.0 Å². The highest BCUT2D eigenvalue weighted by molar-refractivity contribution is 8.00. The fourth-order valence-corrected chi connectivity index (χ4v) is 5.10. The van der Waals surface area contributed by atoms with E-state index >= 15 is 0 Å². The summed E-state index contributed by atoms with van der Waals surface area (Å²) in [5, 5.41) is 7.96. The Kier molecular flexibility index (Phi) is 11.1. The average molecular weight is 624 g/mol. The van der Waals surface area contributed by atoms with E-state index < -0.39 is 17.1 Å². The summed E-state index contributed by atoms with van der Waals surface area (Å²) in [6.07, 6.45) is 1.53. The number of nitrogens with one attached hydrogen (secondary N) is 3. The second-order valence-electron chi connectivity index (χ2n) is 9.85. The molecule has 4 aromatic rings. The number of amides is 3. The summed E-state index contributed by atoms with van der Waals surface area (Å²) in [6, 6.07) is 27.5. The van der Waals surface area contributed by atoms with Crippen LogP contribution in [0.15, 0.2) is 108 Å². The van der Waals surface area contributed by atoms with Crippen molar-refractivity contribution in [2.24, 2.45) is 0 Å². The smallest absolute Gasteiger partial charge is 0.272 e. The molecule has 0 saturated heterocycles. The number of anilines is 2. The third kappa shape index (κ3) is 9.07. The fraction of sp³-hybridized carbons (Fsp3) is 0.143. The average Bonchev–Trinajstić information content (AvgIpc) is 3.05. The molecule has 4 aromatic carbocycles. The van der Waals surface area contributed by atoms with Gasteiger partial charge in [-0.1, -0.05) is 24.3 Å². The lowest BCUT2D eigenvalue weighted by Crippen LogP contribution is -2.30. The second-order valence-corrected chi connectivity index (χ2v) is 11.3. The number of ether oxygens (including phenoxy) is 2. The van der Waals surface area contributed by atoms with E-state index in [1.54, 1.807) is 97.9 Å². The summed E-state index contributed by atoms with van der Waals surface area (Å²) in [5.74, 6) is -0.248. The van der Waals surface area contributed by atoms with Gasteiger partial charge in [0.05, 0.1) is 19.5 Å². The van der Waals surface area contributed by atoms with Crippen molar-refractivity contribution in [3.05, 3.63) is 119 Å². The van der Waals surface area contributed by atoms with Crippen LogP contribution in [-0.2, 0) is 9.59 Å². The van der Waals surface area contributed by atoms with Gasteiger partial charge >= 0.3 is 0 Å². The first-order valence-electron chi connectivity index (χ1n) is 14.0. The van der Waals surface area contributed by atoms with Crippen LogP contribution in [0.3, 0.4) is 0 Å². The molecule has 0 fully saturated rings. The summed E-state index contributed by atoms with van der Waals surface area (Å²) < 4.78 is 10.8.